The molecule has 3 heteroatoms. The molecule has 0 unspecified atom stereocenters. The first kappa shape index (κ1) is 15.5. The summed E-state index contributed by atoms with van der Waals surface area (Å²) in [5.41, 5.74) is 2.52. The molecule has 1 aromatic rings. The molecule has 0 bridgehead atoms. The monoisotopic (exact) mass is 284 g/mol. The van der Waals surface area contributed by atoms with Crippen LogP contribution in [0.3, 0.4) is 0 Å². The van der Waals surface area contributed by atoms with E-state index < -0.39 is 0 Å². The number of nitrogens with zero attached hydrogens (tertiary/aromatic N) is 1. The Balaban J connectivity index is 1.87. The lowest BCUT2D eigenvalue weighted by molar-refractivity contribution is 0.0967. The van der Waals surface area contributed by atoms with Crippen LogP contribution in [0.25, 0.3) is 0 Å². The first-order valence-electron chi connectivity index (χ1n) is 7.56. The highest BCUT2D eigenvalue weighted by atomic mass is 16.1. The molecule has 1 aromatic carbocycles. The summed E-state index contributed by atoms with van der Waals surface area (Å²) in [7, 11) is 0. The molecule has 1 aliphatic rings. The Kier molecular flexibility index (Phi) is 5.34. The van der Waals surface area contributed by atoms with E-state index in [1.165, 1.54) is 18.4 Å². The van der Waals surface area contributed by atoms with Crippen molar-refractivity contribution in [2.45, 2.75) is 32.7 Å². The fourth-order valence-electron chi connectivity index (χ4n) is 2.45. The molecule has 0 radical (unpaired) electrons. The van der Waals surface area contributed by atoms with Crippen LogP contribution in [0.15, 0.2) is 54.3 Å². The van der Waals surface area contributed by atoms with Crippen molar-refractivity contribution in [2.75, 3.05) is 13.1 Å². The number of nitrogens with one attached hydrogen (secondary N) is 1. The van der Waals surface area contributed by atoms with Crippen LogP contribution in [0, 0.1) is 0 Å². The van der Waals surface area contributed by atoms with E-state index in [0.717, 1.165) is 19.1 Å². The number of likely N-dealkylation sites (N-methyl/N-ethyl adjacent to an activating group) is 1. The van der Waals surface area contributed by atoms with Crippen LogP contribution in [0.2, 0.25) is 0 Å². The van der Waals surface area contributed by atoms with E-state index in [0.29, 0.717) is 11.3 Å². The summed E-state index contributed by atoms with van der Waals surface area (Å²) >= 11 is 0. The summed E-state index contributed by atoms with van der Waals surface area (Å²) < 4.78 is 0. The molecule has 2 rings (SSSR count). The summed E-state index contributed by atoms with van der Waals surface area (Å²) in [6, 6.07) is 9.95. The van der Waals surface area contributed by atoms with Crippen LogP contribution >= 0.6 is 0 Å². The predicted octanol–water partition coefficient (Wildman–Crippen LogP) is 3.36. The van der Waals surface area contributed by atoms with Crippen molar-refractivity contribution in [1.29, 1.82) is 0 Å². The number of carbonyl (C=O) groups excluding carboxylic acids is 1. The number of benzene rings is 1. The van der Waals surface area contributed by atoms with Gasteiger partial charge in [-0.3, -0.25) is 9.69 Å². The Bertz CT molecular complexity index is 529. The van der Waals surface area contributed by atoms with Gasteiger partial charge in [0.25, 0.3) is 5.91 Å². The summed E-state index contributed by atoms with van der Waals surface area (Å²) in [5, 5.41) is 2.83. The van der Waals surface area contributed by atoms with E-state index in [1.54, 1.807) is 12.1 Å². The molecule has 0 aromatic heterocycles. The number of hydrogen-bond donors (Lipinski definition) is 1. The third-order valence-electron chi connectivity index (χ3n) is 3.65. The van der Waals surface area contributed by atoms with Crippen molar-refractivity contribution >= 4 is 5.91 Å². The summed E-state index contributed by atoms with van der Waals surface area (Å²) in [6.07, 6.45) is 4.59. The van der Waals surface area contributed by atoms with Gasteiger partial charge in [-0.1, -0.05) is 37.3 Å². The molecule has 0 spiro atoms. The Hall–Kier alpha value is -1.87. The van der Waals surface area contributed by atoms with E-state index >= 15 is 0 Å². The highest BCUT2D eigenvalue weighted by Gasteiger charge is 2.27. The normalized spacial score (nSPS) is 15.1. The van der Waals surface area contributed by atoms with Gasteiger partial charge in [-0.15, -0.1) is 0 Å². The van der Waals surface area contributed by atoms with Crippen LogP contribution in [-0.4, -0.2) is 29.9 Å². The minimum absolute atomic E-state index is 0.112. The van der Waals surface area contributed by atoms with Gasteiger partial charge in [-0.25, -0.2) is 0 Å². The maximum absolute atomic E-state index is 12.0. The largest absolute Gasteiger partial charge is 0.323 e. The molecule has 112 valence electrons. The van der Waals surface area contributed by atoms with E-state index in [-0.39, 0.29) is 5.91 Å². The zero-order valence-corrected chi connectivity index (χ0v) is 12.9. The smallest absolute Gasteiger partial charge is 0.255 e. The second kappa shape index (κ2) is 7.23. The van der Waals surface area contributed by atoms with Crippen molar-refractivity contribution in [3.8, 4) is 0 Å². The van der Waals surface area contributed by atoms with Crippen LogP contribution in [-0.2, 0) is 0 Å². The zero-order valence-electron chi connectivity index (χ0n) is 12.9. The van der Waals surface area contributed by atoms with Crippen LogP contribution in [0.1, 0.15) is 37.0 Å². The Morgan fingerprint density at radius 1 is 1.38 bits per heavy atom. The van der Waals surface area contributed by atoms with Gasteiger partial charge >= 0.3 is 0 Å². The number of amides is 1. The molecule has 3 nitrogen and oxygen atoms in total. The molecule has 1 amide bonds. The third kappa shape index (κ3) is 4.87. The number of rotatable bonds is 7. The summed E-state index contributed by atoms with van der Waals surface area (Å²) in [4.78, 5) is 14.5. The van der Waals surface area contributed by atoms with Crippen molar-refractivity contribution in [3.63, 3.8) is 0 Å². The minimum atomic E-state index is -0.112. The van der Waals surface area contributed by atoms with Crippen molar-refractivity contribution in [3.05, 3.63) is 59.8 Å². The molecule has 0 aliphatic heterocycles. The van der Waals surface area contributed by atoms with E-state index in [9.17, 15) is 4.79 Å². The predicted molar refractivity (Wildman–Crippen MR) is 87.1 cm³/mol. The van der Waals surface area contributed by atoms with Crippen LogP contribution in [0.5, 0.6) is 0 Å². The van der Waals surface area contributed by atoms with Gasteiger partial charge in [0.2, 0.25) is 0 Å². The van der Waals surface area contributed by atoms with Gasteiger partial charge in [-0.2, -0.15) is 0 Å². The van der Waals surface area contributed by atoms with E-state index in [2.05, 4.69) is 30.6 Å². The van der Waals surface area contributed by atoms with Gasteiger partial charge in [0.15, 0.2) is 0 Å². The molecule has 0 atom stereocenters. The molecule has 1 aliphatic carbocycles. The van der Waals surface area contributed by atoms with Crippen LogP contribution in [0.4, 0.5) is 0 Å². The number of carbonyl (C=O) groups is 1. The summed E-state index contributed by atoms with van der Waals surface area (Å²) in [5.74, 6) is -0.112. The van der Waals surface area contributed by atoms with Gasteiger partial charge in [-0.05, 0) is 44.5 Å². The maximum Gasteiger partial charge on any atom is 0.255 e. The topological polar surface area (TPSA) is 32.3 Å². The number of hydrogen-bond acceptors (Lipinski definition) is 2. The second-order valence-corrected chi connectivity index (χ2v) is 5.63. The fraction of sp³-hybridized carbons (Fsp3) is 0.389. The first-order chi connectivity index (χ1) is 10.1. The fourth-order valence-corrected chi connectivity index (χ4v) is 2.45. The number of allylic oxidation sites excluding steroid dienone is 1. The summed E-state index contributed by atoms with van der Waals surface area (Å²) in [6.45, 7) is 10.2. The van der Waals surface area contributed by atoms with Crippen LogP contribution < -0.4 is 5.32 Å². The SMILES string of the molecule is C=C(/C=C(\C)CN(CC)C1CC1)NC(=O)c1ccccc1. The van der Waals surface area contributed by atoms with Gasteiger partial charge in [0.05, 0.1) is 0 Å². The molecule has 1 N–H and O–H groups in total. The molecule has 1 saturated carbocycles. The highest BCUT2D eigenvalue weighted by molar-refractivity contribution is 5.95. The molecule has 0 saturated heterocycles. The Morgan fingerprint density at radius 2 is 2.05 bits per heavy atom. The maximum atomic E-state index is 12.0. The van der Waals surface area contributed by atoms with Gasteiger partial charge < -0.3 is 5.32 Å². The molecular weight excluding hydrogens is 260 g/mol. The molecule has 1 fully saturated rings. The van der Waals surface area contributed by atoms with Crippen molar-refractivity contribution in [2.24, 2.45) is 0 Å². The third-order valence-corrected chi connectivity index (χ3v) is 3.65. The van der Waals surface area contributed by atoms with E-state index in [4.69, 9.17) is 0 Å². The Morgan fingerprint density at radius 3 is 2.62 bits per heavy atom. The minimum Gasteiger partial charge on any atom is -0.323 e. The standard InChI is InChI=1S/C18H24N2O/c1-4-20(17-10-11-17)13-14(2)12-15(3)19-18(21)16-8-6-5-7-9-16/h5-9,12,17H,3-4,10-11,13H2,1-2H3,(H,19,21)/b14-12+. The average molecular weight is 284 g/mol. The molecule has 0 heterocycles. The lowest BCUT2D eigenvalue weighted by Gasteiger charge is -2.20. The highest BCUT2D eigenvalue weighted by Crippen LogP contribution is 2.27. The lowest BCUT2D eigenvalue weighted by atomic mass is 10.2. The average Bonchev–Trinajstić information content (AvgIpc) is 3.30. The first-order valence-corrected chi connectivity index (χ1v) is 7.56. The van der Waals surface area contributed by atoms with Gasteiger partial charge in [0.1, 0.15) is 0 Å². The molecule has 21 heavy (non-hydrogen) atoms. The second-order valence-electron chi connectivity index (χ2n) is 5.63. The van der Waals surface area contributed by atoms with Gasteiger partial charge in [0, 0.05) is 23.8 Å². The van der Waals surface area contributed by atoms with E-state index in [1.807, 2.05) is 24.3 Å². The molecular formula is C18H24N2O. The van der Waals surface area contributed by atoms with Crippen molar-refractivity contribution < 1.29 is 4.79 Å². The Labute approximate surface area is 127 Å². The quantitative estimate of drug-likeness (QED) is 0.779. The van der Waals surface area contributed by atoms with Crippen molar-refractivity contribution in [1.82, 2.24) is 10.2 Å². The zero-order chi connectivity index (χ0) is 15.2. The lowest BCUT2D eigenvalue weighted by Crippen LogP contribution is -2.28.